The summed E-state index contributed by atoms with van der Waals surface area (Å²) in [4.78, 5) is 8.63. The topological polar surface area (TPSA) is 49.8 Å². The fraction of sp³-hybridized carbons (Fsp3) is 0.412. The Morgan fingerprint density at radius 2 is 1.76 bits per heavy atom. The van der Waals surface area contributed by atoms with Crippen LogP contribution in [0.5, 0.6) is 0 Å². The first-order valence-corrected chi connectivity index (χ1v) is 7.63. The molecule has 0 spiro atoms. The zero-order valence-corrected chi connectivity index (χ0v) is 12.7. The van der Waals surface area contributed by atoms with E-state index < -0.39 is 0 Å². The molecule has 0 radical (unpaired) electrons. The Morgan fingerprint density at radius 3 is 2.52 bits per heavy atom. The van der Waals surface area contributed by atoms with Crippen molar-refractivity contribution in [3.63, 3.8) is 0 Å². The number of anilines is 3. The average molecular weight is 282 g/mol. The van der Waals surface area contributed by atoms with E-state index in [9.17, 15) is 0 Å². The highest BCUT2D eigenvalue weighted by molar-refractivity contribution is 5.62. The second-order valence-electron chi connectivity index (χ2n) is 5.86. The predicted molar refractivity (Wildman–Crippen MR) is 87.1 cm³/mol. The van der Waals surface area contributed by atoms with Gasteiger partial charge < -0.3 is 10.6 Å². The molecule has 1 aliphatic carbocycles. The van der Waals surface area contributed by atoms with Crippen molar-refractivity contribution in [2.24, 2.45) is 0 Å². The SMILES string of the molecule is Cc1ccc(Nc2cc(NC3CCCC3)ncn2)c(C)c1. The summed E-state index contributed by atoms with van der Waals surface area (Å²) in [5.41, 5.74) is 3.58. The lowest BCUT2D eigenvalue weighted by atomic mass is 10.1. The number of hydrogen-bond acceptors (Lipinski definition) is 4. The van der Waals surface area contributed by atoms with Crippen LogP contribution in [0.15, 0.2) is 30.6 Å². The zero-order valence-electron chi connectivity index (χ0n) is 12.7. The molecule has 0 atom stereocenters. The third-order valence-corrected chi connectivity index (χ3v) is 4.02. The van der Waals surface area contributed by atoms with Crippen molar-refractivity contribution in [3.05, 3.63) is 41.7 Å². The quantitative estimate of drug-likeness (QED) is 0.882. The summed E-state index contributed by atoms with van der Waals surface area (Å²) in [5, 5.41) is 6.87. The number of rotatable bonds is 4. The lowest BCUT2D eigenvalue weighted by Gasteiger charge is -2.14. The van der Waals surface area contributed by atoms with Gasteiger partial charge in [0.2, 0.25) is 0 Å². The molecular weight excluding hydrogens is 260 g/mol. The van der Waals surface area contributed by atoms with Crippen LogP contribution in [-0.4, -0.2) is 16.0 Å². The highest BCUT2D eigenvalue weighted by Crippen LogP contribution is 2.24. The third kappa shape index (κ3) is 3.51. The molecule has 1 aromatic carbocycles. The minimum atomic E-state index is 0.564. The van der Waals surface area contributed by atoms with Gasteiger partial charge in [0.05, 0.1) is 0 Å². The molecule has 1 heterocycles. The maximum atomic E-state index is 4.32. The van der Waals surface area contributed by atoms with Crippen LogP contribution in [0.25, 0.3) is 0 Å². The van der Waals surface area contributed by atoms with E-state index >= 15 is 0 Å². The van der Waals surface area contributed by atoms with Crippen LogP contribution in [0.4, 0.5) is 17.3 Å². The fourth-order valence-corrected chi connectivity index (χ4v) is 2.88. The summed E-state index contributed by atoms with van der Waals surface area (Å²) in [5.74, 6) is 1.74. The number of aryl methyl sites for hydroxylation is 2. The lowest BCUT2D eigenvalue weighted by molar-refractivity contribution is 0.750. The first-order chi connectivity index (χ1) is 10.2. The number of aromatic nitrogens is 2. The first kappa shape index (κ1) is 13.9. The Morgan fingerprint density at radius 1 is 1.00 bits per heavy atom. The summed E-state index contributed by atoms with van der Waals surface area (Å²) >= 11 is 0. The van der Waals surface area contributed by atoms with Crippen molar-refractivity contribution in [1.29, 1.82) is 0 Å². The van der Waals surface area contributed by atoms with Crippen LogP contribution in [-0.2, 0) is 0 Å². The standard InChI is InChI=1S/C17H22N4/c1-12-7-8-15(13(2)9-12)21-17-10-16(18-11-19-17)20-14-5-3-4-6-14/h7-11,14H,3-6H2,1-2H3,(H2,18,19,20,21). The summed E-state index contributed by atoms with van der Waals surface area (Å²) < 4.78 is 0. The molecule has 2 N–H and O–H groups in total. The molecule has 4 heteroatoms. The van der Waals surface area contributed by atoms with Gasteiger partial charge in [-0.15, -0.1) is 0 Å². The van der Waals surface area contributed by atoms with Crippen molar-refractivity contribution in [2.45, 2.75) is 45.6 Å². The van der Waals surface area contributed by atoms with Crippen LogP contribution in [0, 0.1) is 13.8 Å². The van der Waals surface area contributed by atoms with Crippen molar-refractivity contribution in [2.75, 3.05) is 10.6 Å². The second kappa shape index (κ2) is 6.12. The van der Waals surface area contributed by atoms with Gasteiger partial charge in [0.1, 0.15) is 18.0 Å². The second-order valence-corrected chi connectivity index (χ2v) is 5.86. The fourth-order valence-electron chi connectivity index (χ4n) is 2.88. The Hall–Kier alpha value is -2.10. The van der Waals surface area contributed by atoms with Crippen LogP contribution in [0.1, 0.15) is 36.8 Å². The van der Waals surface area contributed by atoms with E-state index in [4.69, 9.17) is 0 Å². The zero-order chi connectivity index (χ0) is 14.7. The lowest BCUT2D eigenvalue weighted by Crippen LogP contribution is -2.15. The molecule has 4 nitrogen and oxygen atoms in total. The summed E-state index contributed by atoms with van der Waals surface area (Å²) in [6, 6.07) is 8.91. The Kier molecular flexibility index (Phi) is 4.04. The van der Waals surface area contributed by atoms with Crippen molar-refractivity contribution >= 4 is 17.3 Å². The number of benzene rings is 1. The molecule has 0 bridgehead atoms. The van der Waals surface area contributed by atoms with Crippen molar-refractivity contribution in [3.8, 4) is 0 Å². The molecule has 0 aliphatic heterocycles. The average Bonchev–Trinajstić information content (AvgIpc) is 2.95. The van der Waals surface area contributed by atoms with Crippen LogP contribution in [0.2, 0.25) is 0 Å². The molecule has 1 aliphatic rings. The van der Waals surface area contributed by atoms with E-state index in [-0.39, 0.29) is 0 Å². The van der Waals surface area contributed by atoms with Gasteiger partial charge in [0, 0.05) is 17.8 Å². The van der Waals surface area contributed by atoms with E-state index in [1.807, 2.05) is 6.07 Å². The molecule has 0 amide bonds. The maximum Gasteiger partial charge on any atom is 0.135 e. The molecule has 0 unspecified atom stereocenters. The number of hydrogen-bond donors (Lipinski definition) is 2. The van der Waals surface area contributed by atoms with Gasteiger partial charge in [-0.1, -0.05) is 30.5 Å². The predicted octanol–water partition coefficient (Wildman–Crippen LogP) is 4.19. The third-order valence-electron chi connectivity index (χ3n) is 4.02. The molecule has 1 saturated carbocycles. The first-order valence-electron chi connectivity index (χ1n) is 7.63. The van der Waals surface area contributed by atoms with Crippen molar-refractivity contribution < 1.29 is 0 Å². The number of nitrogens with one attached hydrogen (secondary N) is 2. The normalized spacial score (nSPS) is 15.1. The Balaban J connectivity index is 1.73. The number of nitrogens with zero attached hydrogens (tertiary/aromatic N) is 2. The Labute approximate surface area is 126 Å². The summed E-state index contributed by atoms with van der Waals surface area (Å²) in [6.07, 6.45) is 6.73. The largest absolute Gasteiger partial charge is 0.367 e. The molecular formula is C17H22N4. The highest BCUT2D eigenvalue weighted by atomic mass is 15.1. The van der Waals surface area contributed by atoms with Crippen LogP contribution in [0.3, 0.4) is 0 Å². The van der Waals surface area contributed by atoms with Gasteiger partial charge in [-0.3, -0.25) is 0 Å². The van der Waals surface area contributed by atoms with E-state index in [2.05, 4.69) is 52.6 Å². The van der Waals surface area contributed by atoms with Gasteiger partial charge >= 0.3 is 0 Å². The van der Waals surface area contributed by atoms with E-state index in [1.54, 1.807) is 6.33 Å². The minimum Gasteiger partial charge on any atom is -0.367 e. The van der Waals surface area contributed by atoms with Crippen LogP contribution < -0.4 is 10.6 Å². The monoisotopic (exact) mass is 282 g/mol. The molecule has 21 heavy (non-hydrogen) atoms. The van der Waals surface area contributed by atoms with Crippen LogP contribution >= 0.6 is 0 Å². The molecule has 2 aromatic rings. The maximum absolute atomic E-state index is 4.32. The molecule has 1 fully saturated rings. The summed E-state index contributed by atoms with van der Waals surface area (Å²) in [7, 11) is 0. The van der Waals surface area contributed by atoms with E-state index in [0.29, 0.717) is 6.04 Å². The molecule has 3 rings (SSSR count). The Bertz CT molecular complexity index is 618. The van der Waals surface area contributed by atoms with Gasteiger partial charge in [-0.2, -0.15) is 0 Å². The smallest absolute Gasteiger partial charge is 0.135 e. The van der Waals surface area contributed by atoms with Gasteiger partial charge in [0.15, 0.2) is 0 Å². The van der Waals surface area contributed by atoms with E-state index in [1.165, 1.54) is 36.8 Å². The van der Waals surface area contributed by atoms with Gasteiger partial charge in [0.25, 0.3) is 0 Å². The highest BCUT2D eigenvalue weighted by Gasteiger charge is 2.15. The van der Waals surface area contributed by atoms with Crippen molar-refractivity contribution in [1.82, 2.24) is 9.97 Å². The molecule has 1 aromatic heterocycles. The van der Waals surface area contributed by atoms with Gasteiger partial charge in [-0.05, 0) is 38.3 Å². The summed E-state index contributed by atoms with van der Waals surface area (Å²) in [6.45, 7) is 4.21. The van der Waals surface area contributed by atoms with E-state index in [0.717, 1.165) is 17.3 Å². The molecule has 110 valence electrons. The molecule has 0 saturated heterocycles. The minimum absolute atomic E-state index is 0.564. The van der Waals surface area contributed by atoms with Gasteiger partial charge in [-0.25, -0.2) is 9.97 Å².